The highest BCUT2D eigenvalue weighted by Crippen LogP contribution is 2.32. The molecule has 118 valence electrons. The Morgan fingerprint density at radius 1 is 1.48 bits per heavy atom. The van der Waals surface area contributed by atoms with Gasteiger partial charge < -0.3 is 10.5 Å². The first-order chi connectivity index (χ1) is 9.86. The SMILES string of the molecule is NCC1CCCN1S(=O)(=O)c1ccc(OC(F)F)c(Cl)c1. The van der Waals surface area contributed by atoms with Crippen LogP contribution in [-0.4, -0.2) is 38.5 Å². The standard InChI is InChI=1S/C12H15ClF2N2O3S/c13-10-6-9(3-4-11(10)20-12(14)15)21(18,19)17-5-1-2-8(17)7-16/h3-4,6,8,12H,1-2,5,7,16H2. The molecule has 1 aromatic carbocycles. The molecule has 0 aromatic heterocycles. The predicted molar refractivity (Wildman–Crippen MR) is 74.1 cm³/mol. The predicted octanol–water partition coefficient (Wildman–Crippen LogP) is 2.05. The lowest BCUT2D eigenvalue weighted by Crippen LogP contribution is -2.39. The molecule has 0 spiro atoms. The summed E-state index contributed by atoms with van der Waals surface area (Å²) >= 11 is 5.79. The molecule has 21 heavy (non-hydrogen) atoms. The van der Waals surface area contributed by atoms with E-state index >= 15 is 0 Å². The summed E-state index contributed by atoms with van der Waals surface area (Å²) in [6.07, 6.45) is 1.44. The van der Waals surface area contributed by atoms with E-state index in [-0.39, 0.29) is 28.3 Å². The normalized spacial score (nSPS) is 20.1. The lowest BCUT2D eigenvalue weighted by molar-refractivity contribution is -0.0498. The molecule has 1 aliphatic rings. The number of nitrogens with zero attached hydrogens (tertiary/aromatic N) is 1. The summed E-state index contributed by atoms with van der Waals surface area (Å²) in [4.78, 5) is -0.0607. The van der Waals surface area contributed by atoms with Gasteiger partial charge in [-0.25, -0.2) is 8.42 Å². The molecule has 0 aliphatic carbocycles. The van der Waals surface area contributed by atoms with E-state index < -0.39 is 16.6 Å². The number of sulfonamides is 1. The van der Waals surface area contributed by atoms with Crippen LogP contribution in [-0.2, 0) is 10.0 Å². The molecule has 1 atom stereocenters. The van der Waals surface area contributed by atoms with Crippen molar-refractivity contribution >= 4 is 21.6 Å². The third-order valence-corrected chi connectivity index (χ3v) is 5.56. The van der Waals surface area contributed by atoms with E-state index in [1.807, 2.05) is 0 Å². The molecule has 9 heteroatoms. The smallest absolute Gasteiger partial charge is 0.387 e. The van der Waals surface area contributed by atoms with Gasteiger partial charge in [-0.1, -0.05) is 11.6 Å². The number of halogens is 3. The monoisotopic (exact) mass is 340 g/mol. The Morgan fingerprint density at radius 2 is 2.19 bits per heavy atom. The Hall–Kier alpha value is -0.960. The van der Waals surface area contributed by atoms with Crippen LogP contribution in [0, 0.1) is 0 Å². The summed E-state index contributed by atoms with van der Waals surface area (Å²) < 4.78 is 54.8. The second-order valence-corrected chi connectivity index (χ2v) is 6.92. The molecular formula is C12H15ClF2N2O3S. The van der Waals surface area contributed by atoms with Crippen LogP contribution in [0.2, 0.25) is 5.02 Å². The maximum atomic E-state index is 12.5. The molecule has 0 saturated carbocycles. The van der Waals surface area contributed by atoms with Crippen LogP contribution in [0.5, 0.6) is 5.75 Å². The molecule has 2 N–H and O–H groups in total. The van der Waals surface area contributed by atoms with Crippen molar-refractivity contribution in [2.24, 2.45) is 5.73 Å². The summed E-state index contributed by atoms with van der Waals surface area (Å²) in [5.41, 5.74) is 5.57. The Bertz CT molecular complexity index is 613. The fourth-order valence-electron chi connectivity index (χ4n) is 2.33. The lowest BCUT2D eigenvalue weighted by Gasteiger charge is -2.23. The highest BCUT2D eigenvalue weighted by Gasteiger charge is 2.34. The third-order valence-electron chi connectivity index (χ3n) is 3.32. The second-order valence-electron chi connectivity index (χ2n) is 4.62. The first-order valence-electron chi connectivity index (χ1n) is 6.32. The van der Waals surface area contributed by atoms with E-state index in [9.17, 15) is 17.2 Å². The van der Waals surface area contributed by atoms with E-state index in [4.69, 9.17) is 17.3 Å². The quantitative estimate of drug-likeness (QED) is 0.890. The number of hydrogen-bond donors (Lipinski definition) is 1. The minimum Gasteiger partial charge on any atom is -0.433 e. The largest absolute Gasteiger partial charge is 0.433 e. The molecule has 2 rings (SSSR count). The van der Waals surface area contributed by atoms with E-state index in [1.165, 1.54) is 10.4 Å². The van der Waals surface area contributed by atoms with Gasteiger partial charge in [-0.3, -0.25) is 0 Å². The molecule has 0 amide bonds. The second kappa shape index (κ2) is 6.43. The molecule has 5 nitrogen and oxygen atoms in total. The number of ether oxygens (including phenoxy) is 1. The fourth-order valence-corrected chi connectivity index (χ4v) is 4.35. The third kappa shape index (κ3) is 3.45. The van der Waals surface area contributed by atoms with Crippen molar-refractivity contribution in [2.45, 2.75) is 30.4 Å². The van der Waals surface area contributed by atoms with Crippen LogP contribution in [0.4, 0.5) is 8.78 Å². The van der Waals surface area contributed by atoms with Crippen LogP contribution in [0.25, 0.3) is 0 Å². The van der Waals surface area contributed by atoms with Crippen molar-refractivity contribution < 1.29 is 21.9 Å². The van der Waals surface area contributed by atoms with E-state index in [1.54, 1.807) is 0 Å². The van der Waals surface area contributed by atoms with Gasteiger partial charge in [-0.05, 0) is 31.0 Å². The summed E-state index contributed by atoms with van der Waals surface area (Å²) in [6.45, 7) is -2.40. The first kappa shape index (κ1) is 16.4. The molecule has 0 bridgehead atoms. The minimum atomic E-state index is -3.74. The van der Waals surface area contributed by atoms with Crippen LogP contribution in [0.3, 0.4) is 0 Å². The number of nitrogens with two attached hydrogens (primary N) is 1. The highest BCUT2D eigenvalue weighted by molar-refractivity contribution is 7.89. The van der Waals surface area contributed by atoms with Crippen molar-refractivity contribution in [2.75, 3.05) is 13.1 Å². The van der Waals surface area contributed by atoms with E-state index in [0.717, 1.165) is 18.6 Å². The maximum Gasteiger partial charge on any atom is 0.387 e. The molecule has 1 aliphatic heterocycles. The van der Waals surface area contributed by atoms with Crippen LogP contribution in [0.1, 0.15) is 12.8 Å². The van der Waals surface area contributed by atoms with Crippen molar-refractivity contribution in [1.82, 2.24) is 4.31 Å². The first-order valence-corrected chi connectivity index (χ1v) is 8.14. The van der Waals surface area contributed by atoms with Crippen molar-refractivity contribution in [1.29, 1.82) is 0 Å². The van der Waals surface area contributed by atoms with Gasteiger partial charge in [0, 0.05) is 19.1 Å². The van der Waals surface area contributed by atoms with Crippen LogP contribution in [0.15, 0.2) is 23.1 Å². The Kier molecular flexibility index (Phi) is 5.03. The Balaban J connectivity index is 2.31. The molecule has 1 saturated heterocycles. The van der Waals surface area contributed by atoms with Crippen LogP contribution < -0.4 is 10.5 Å². The molecule has 1 fully saturated rings. The molecule has 1 aromatic rings. The van der Waals surface area contributed by atoms with Gasteiger partial charge in [0.05, 0.1) is 9.92 Å². The van der Waals surface area contributed by atoms with Gasteiger partial charge in [0.1, 0.15) is 5.75 Å². The topological polar surface area (TPSA) is 72.6 Å². The highest BCUT2D eigenvalue weighted by atomic mass is 35.5. The zero-order valence-electron chi connectivity index (χ0n) is 11.0. The van der Waals surface area contributed by atoms with Crippen molar-refractivity contribution in [3.63, 3.8) is 0 Å². The van der Waals surface area contributed by atoms with Gasteiger partial charge in [0.15, 0.2) is 0 Å². The molecule has 1 unspecified atom stereocenters. The average Bonchev–Trinajstić information content (AvgIpc) is 2.89. The average molecular weight is 341 g/mol. The lowest BCUT2D eigenvalue weighted by atomic mass is 10.2. The fraction of sp³-hybridized carbons (Fsp3) is 0.500. The van der Waals surface area contributed by atoms with Crippen molar-refractivity contribution in [3.8, 4) is 5.75 Å². The van der Waals surface area contributed by atoms with Gasteiger partial charge in [-0.2, -0.15) is 13.1 Å². The molecular weight excluding hydrogens is 326 g/mol. The van der Waals surface area contributed by atoms with Gasteiger partial charge in [-0.15, -0.1) is 0 Å². The summed E-state index contributed by atoms with van der Waals surface area (Å²) in [5, 5.41) is -0.181. The van der Waals surface area contributed by atoms with Gasteiger partial charge >= 0.3 is 6.61 Å². The van der Waals surface area contributed by atoms with E-state index in [2.05, 4.69) is 4.74 Å². The summed E-state index contributed by atoms with van der Waals surface area (Å²) in [6, 6.07) is 3.19. The zero-order valence-corrected chi connectivity index (χ0v) is 12.6. The molecule has 1 heterocycles. The Labute approximate surface area is 126 Å². The number of benzene rings is 1. The Morgan fingerprint density at radius 3 is 2.76 bits per heavy atom. The number of rotatable bonds is 5. The maximum absolute atomic E-state index is 12.5. The van der Waals surface area contributed by atoms with Gasteiger partial charge in [0.25, 0.3) is 0 Å². The number of alkyl halides is 2. The minimum absolute atomic E-state index is 0.0607. The van der Waals surface area contributed by atoms with Crippen LogP contribution >= 0.6 is 11.6 Å². The summed E-state index contributed by atoms with van der Waals surface area (Å²) in [5.74, 6) is -0.262. The van der Waals surface area contributed by atoms with Gasteiger partial charge in [0.2, 0.25) is 10.0 Å². The van der Waals surface area contributed by atoms with Crippen molar-refractivity contribution in [3.05, 3.63) is 23.2 Å². The zero-order chi connectivity index (χ0) is 15.6. The number of hydrogen-bond acceptors (Lipinski definition) is 4. The van der Waals surface area contributed by atoms with E-state index in [0.29, 0.717) is 13.0 Å². The molecule has 0 radical (unpaired) electrons. The summed E-state index contributed by atoms with van der Waals surface area (Å²) in [7, 11) is -3.74.